The second-order valence-corrected chi connectivity index (χ2v) is 3.56. The van der Waals surface area contributed by atoms with E-state index in [4.69, 9.17) is 5.11 Å². The van der Waals surface area contributed by atoms with Crippen LogP contribution in [0, 0.1) is 0 Å². The molecule has 1 nitrogen and oxygen atoms in total. The molecule has 0 aliphatic carbocycles. The second-order valence-electron chi connectivity index (χ2n) is 3.56. The Labute approximate surface area is 76.5 Å². The van der Waals surface area contributed by atoms with Crippen molar-refractivity contribution in [1.29, 1.82) is 0 Å². The first-order valence-corrected chi connectivity index (χ1v) is 5.02. The molecule has 0 aromatic carbocycles. The van der Waals surface area contributed by atoms with Gasteiger partial charge in [-0.25, -0.2) is 0 Å². The summed E-state index contributed by atoms with van der Waals surface area (Å²) in [7, 11) is 0. The van der Waals surface area contributed by atoms with Crippen molar-refractivity contribution in [3.63, 3.8) is 0 Å². The second kappa shape index (κ2) is 7.35. The molecule has 0 aliphatic rings. The van der Waals surface area contributed by atoms with Crippen LogP contribution in [-0.2, 0) is 0 Å². The molecule has 0 aromatic rings. The van der Waals surface area contributed by atoms with Gasteiger partial charge in [0.15, 0.2) is 0 Å². The van der Waals surface area contributed by atoms with Crippen LogP contribution in [0.5, 0.6) is 0 Å². The standard InChI is InChI=1S/C11H22O/c1-4-5-6-7-8-10(2)9-11(3)12/h9,11-12H,4-8H2,1-3H3/b10-9+. The SMILES string of the molecule is CCCCCC/C(C)=C/C(C)O. The average molecular weight is 170 g/mol. The number of unbranched alkanes of at least 4 members (excludes halogenated alkanes) is 3. The predicted octanol–water partition coefficient (Wildman–Crippen LogP) is 3.28. The maximum atomic E-state index is 9.05. The van der Waals surface area contributed by atoms with Crippen LogP contribution in [0.2, 0.25) is 0 Å². The monoisotopic (exact) mass is 170 g/mol. The van der Waals surface area contributed by atoms with E-state index in [-0.39, 0.29) is 6.10 Å². The van der Waals surface area contributed by atoms with E-state index >= 15 is 0 Å². The molecule has 0 bridgehead atoms. The van der Waals surface area contributed by atoms with Gasteiger partial charge in [-0.05, 0) is 26.7 Å². The zero-order valence-electron chi connectivity index (χ0n) is 8.64. The lowest BCUT2D eigenvalue weighted by Crippen LogP contribution is -1.94. The van der Waals surface area contributed by atoms with Gasteiger partial charge in [-0.2, -0.15) is 0 Å². The fourth-order valence-corrected chi connectivity index (χ4v) is 1.33. The zero-order chi connectivity index (χ0) is 9.40. The van der Waals surface area contributed by atoms with Crippen molar-refractivity contribution < 1.29 is 5.11 Å². The Balaban J connectivity index is 3.37. The summed E-state index contributed by atoms with van der Waals surface area (Å²) in [6.07, 6.45) is 8.01. The molecule has 12 heavy (non-hydrogen) atoms. The van der Waals surface area contributed by atoms with Gasteiger partial charge in [0.1, 0.15) is 0 Å². The topological polar surface area (TPSA) is 20.2 Å². The van der Waals surface area contributed by atoms with Gasteiger partial charge in [0.2, 0.25) is 0 Å². The van der Waals surface area contributed by atoms with Crippen LogP contribution in [-0.4, -0.2) is 11.2 Å². The molecule has 1 atom stereocenters. The highest BCUT2D eigenvalue weighted by Crippen LogP contribution is 2.09. The number of hydrogen-bond acceptors (Lipinski definition) is 1. The first-order valence-electron chi connectivity index (χ1n) is 5.02. The predicted molar refractivity (Wildman–Crippen MR) is 54.2 cm³/mol. The van der Waals surface area contributed by atoms with Crippen molar-refractivity contribution >= 4 is 0 Å². The van der Waals surface area contributed by atoms with Crippen LogP contribution in [0.15, 0.2) is 11.6 Å². The van der Waals surface area contributed by atoms with Crippen molar-refractivity contribution in [2.24, 2.45) is 0 Å². The third kappa shape index (κ3) is 7.80. The molecule has 1 unspecified atom stereocenters. The highest BCUT2D eigenvalue weighted by molar-refractivity contribution is 5.00. The summed E-state index contributed by atoms with van der Waals surface area (Å²) in [5, 5.41) is 9.05. The summed E-state index contributed by atoms with van der Waals surface area (Å²) >= 11 is 0. The molecule has 72 valence electrons. The fourth-order valence-electron chi connectivity index (χ4n) is 1.33. The van der Waals surface area contributed by atoms with Crippen molar-refractivity contribution in [1.82, 2.24) is 0 Å². The van der Waals surface area contributed by atoms with Gasteiger partial charge in [-0.1, -0.05) is 37.8 Å². The molecule has 1 heteroatoms. The third-order valence-electron chi connectivity index (χ3n) is 1.95. The summed E-state index contributed by atoms with van der Waals surface area (Å²) < 4.78 is 0. The molecule has 1 N–H and O–H groups in total. The first-order chi connectivity index (χ1) is 5.66. The van der Waals surface area contributed by atoms with Gasteiger partial charge >= 0.3 is 0 Å². The largest absolute Gasteiger partial charge is 0.389 e. The maximum Gasteiger partial charge on any atom is 0.0695 e. The minimum Gasteiger partial charge on any atom is -0.389 e. The molecule has 0 amide bonds. The number of hydrogen-bond donors (Lipinski definition) is 1. The molecule has 0 fully saturated rings. The van der Waals surface area contributed by atoms with E-state index in [2.05, 4.69) is 13.8 Å². The van der Waals surface area contributed by atoms with E-state index in [1.54, 1.807) is 6.92 Å². The van der Waals surface area contributed by atoms with Crippen LogP contribution in [0.4, 0.5) is 0 Å². The maximum absolute atomic E-state index is 9.05. The average Bonchev–Trinajstić information content (AvgIpc) is 1.97. The van der Waals surface area contributed by atoms with Crippen LogP contribution >= 0.6 is 0 Å². The summed E-state index contributed by atoms with van der Waals surface area (Å²) in [4.78, 5) is 0. The van der Waals surface area contributed by atoms with E-state index in [0.717, 1.165) is 6.42 Å². The van der Waals surface area contributed by atoms with Gasteiger partial charge in [0, 0.05) is 0 Å². The van der Waals surface area contributed by atoms with Crippen molar-refractivity contribution in [2.75, 3.05) is 0 Å². The normalized spacial score (nSPS) is 14.8. The quantitative estimate of drug-likeness (QED) is 0.479. The molecule has 0 radical (unpaired) electrons. The first kappa shape index (κ1) is 11.7. The summed E-state index contributed by atoms with van der Waals surface area (Å²) in [5.41, 5.74) is 1.32. The van der Waals surface area contributed by atoms with Gasteiger partial charge in [0.25, 0.3) is 0 Å². The molecular weight excluding hydrogens is 148 g/mol. The molecule has 0 aromatic heterocycles. The zero-order valence-corrected chi connectivity index (χ0v) is 8.64. The molecule has 0 rings (SSSR count). The lowest BCUT2D eigenvalue weighted by atomic mass is 10.1. The number of aliphatic hydroxyl groups excluding tert-OH is 1. The lowest BCUT2D eigenvalue weighted by molar-refractivity contribution is 0.243. The molecule has 0 heterocycles. The molecule has 0 aliphatic heterocycles. The number of aliphatic hydroxyl groups is 1. The van der Waals surface area contributed by atoms with E-state index in [9.17, 15) is 0 Å². The van der Waals surface area contributed by atoms with E-state index in [0.29, 0.717) is 0 Å². The smallest absolute Gasteiger partial charge is 0.0695 e. The molecule has 0 spiro atoms. The van der Waals surface area contributed by atoms with E-state index in [1.165, 1.54) is 31.3 Å². The van der Waals surface area contributed by atoms with Gasteiger partial charge < -0.3 is 5.11 Å². The Morgan fingerprint density at radius 2 is 2.00 bits per heavy atom. The highest BCUT2D eigenvalue weighted by Gasteiger charge is 1.93. The molecular formula is C11H22O. The summed E-state index contributed by atoms with van der Waals surface area (Å²) in [6.45, 7) is 6.12. The van der Waals surface area contributed by atoms with Gasteiger partial charge in [0.05, 0.1) is 6.10 Å². The van der Waals surface area contributed by atoms with Crippen LogP contribution < -0.4 is 0 Å². The van der Waals surface area contributed by atoms with Crippen molar-refractivity contribution in [3.8, 4) is 0 Å². The van der Waals surface area contributed by atoms with Gasteiger partial charge in [-0.15, -0.1) is 0 Å². The Morgan fingerprint density at radius 3 is 2.50 bits per heavy atom. The lowest BCUT2D eigenvalue weighted by Gasteiger charge is -2.02. The number of allylic oxidation sites excluding steroid dienone is 1. The van der Waals surface area contributed by atoms with E-state index < -0.39 is 0 Å². The Bertz CT molecular complexity index is 125. The highest BCUT2D eigenvalue weighted by atomic mass is 16.3. The third-order valence-corrected chi connectivity index (χ3v) is 1.95. The fraction of sp³-hybridized carbons (Fsp3) is 0.818. The summed E-state index contributed by atoms with van der Waals surface area (Å²) in [6, 6.07) is 0. The molecule has 0 saturated heterocycles. The van der Waals surface area contributed by atoms with Crippen molar-refractivity contribution in [3.05, 3.63) is 11.6 Å². The minimum absolute atomic E-state index is 0.281. The van der Waals surface area contributed by atoms with E-state index in [1.807, 2.05) is 6.08 Å². The van der Waals surface area contributed by atoms with Gasteiger partial charge in [-0.3, -0.25) is 0 Å². The summed E-state index contributed by atoms with van der Waals surface area (Å²) in [5.74, 6) is 0. The number of rotatable bonds is 6. The minimum atomic E-state index is -0.281. The van der Waals surface area contributed by atoms with Crippen molar-refractivity contribution in [2.45, 2.75) is 59.0 Å². The van der Waals surface area contributed by atoms with Crippen LogP contribution in [0.3, 0.4) is 0 Å². The Hall–Kier alpha value is -0.300. The van der Waals surface area contributed by atoms with Crippen LogP contribution in [0.1, 0.15) is 52.9 Å². The molecule has 0 saturated carbocycles. The Morgan fingerprint density at radius 1 is 1.33 bits per heavy atom. The Kier molecular flexibility index (Phi) is 7.17. The van der Waals surface area contributed by atoms with Crippen LogP contribution in [0.25, 0.3) is 0 Å².